The van der Waals surface area contributed by atoms with Crippen LogP contribution in [0.2, 0.25) is 0 Å². The molecule has 2 aromatic carbocycles. The van der Waals surface area contributed by atoms with Gasteiger partial charge >= 0.3 is 0 Å². The standard InChI is InChI=1S/C26H31BrN2O3/c27-23-13-6-5-12-22(23)25(31)29-17-9-14-26(19-29,20-32-21-10-3-1-4-11-21)18-24(30)28-15-7-2-8-16-28/h1,3-6,10-13H,2,7-9,14-20H2/t26-/m1/s1. The Morgan fingerprint density at radius 3 is 2.31 bits per heavy atom. The zero-order chi connectivity index (χ0) is 22.4. The van der Waals surface area contributed by atoms with Crippen LogP contribution in [0.15, 0.2) is 59.1 Å². The van der Waals surface area contributed by atoms with E-state index in [4.69, 9.17) is 4.74 Å². The SMILES string of the molecule is O=C(C[C@]1(COc2ccccc2)CCCN(C(=O)c2ccccc2Br)C1)N1CCCCC1. The second kappa shape index (κ2) is 10.5. The summed E-state index contributed by atoms with van der Waals surface area (Å²) in [6.45, 7) is 3.34. The van der Waals surface area contributed by atoms with Gasteiger partial charge in [0.1, 0.15) is 5.75 Å². The number of amides is 2. The second-order valence-corrected chi connectivity index (χ2v) is 9.88. The molecule has 6 heteroatoms. The highest BCUT2D eigenvalue weighted by molar-refractivity contribution is 9.10. The van der Waals surface area contributed by atoms with E-state index in [1.807, 2.05) is 64.4 Å². The van der Waals surface area contributed by atoms with Gasteiger partial charge in [0.15, 0.2) is 0 Å². The normalized spacial score (nSPS) is 21.3. The molecule has 170 valence electrons. The molecule has 2 aliphatic rings. The minimum absolute atomic E-state index is 0.00619. The lowest BCUT2D eigenvalue weighted by Gasteiger charge is -2.43. The molecule has 32 heavy (non-hydrogen) atoms. The van der Waals surface area contributed by atoms with Crippen molar-refractivity contribution in [3.63, 3.8) is 0 Å². The maximum absolute atomic E-state index is 13.3. The highest BCUT2D eigenvalue weighted by atomic mass is 79.9. The molecule has 1 atom stereocenters. The van der Waals surface area contributed by atoms with Gasteiger partial charge in [0, 0.05) is 42.5 Å². The summed E-state index contributed by atoms with van der Waals surface area (Å²) in [5.74, 6) is 0.995. The van der Waals surface area contributed by atoms with Gasteiger partial charge < -0.3 is 14.5 Å². The molecule has 0 radical (unpaired) electrons. The summed E-state index contributed by atoms with van der Waals surface area (Å²) < 4.78 is 6.97. The molecule has 2 heterocycles. The smallest absolute Gasteiger partial charge is 0.255 e. The van der Waals surface area contributed by atoms with Gasteiger partial charge in [-0.1, -0.05) is 30.3 Å². The number of rotatable bonds is 6. The minimum atomic E-state index is -0.389. The van der Waals surface area contributed by atoms with Crippen molar-refractivity contribution in [1.82, 2.24) is 9.80 Å². The first-order chi connectivity index (χ1) is 15.6. The number of hydrogen-bond acceptors (Lipinski definition) is 3. The van der Waals surface area contributed by atoms with E-state index in [-0.39, 0.29) is 17.2 Å². The first-order valence-electron chi connectivity index (χ1n) is 11.6. The van der Waals surface area contributed by atoms with Crippen LogP contribution in [0.4, 0.5) is 0 Å². The number of carbonyl (C=O) groups excluding carboxylic acids is 2. The van der Waals surface area contributed by atoms with Crippen LogP contribution in [0.1, 0.15) is 48.9 Å². The first kappa shape index (κ1) is 22.8. The molecule has 0 aromatic heterocycles. The Balaban J connectivity index is 1.53. The lowest BCUT2D eigenvalue weighted by Crippen LogP contribution is -2.51. The van der Waals surface area contributed by atoms with Crippen molar-refractivity contribution in [2.75, 3.05) is 32.8 Å². The number of halogens is 1. The van der Waals surface area contributed by atoms with E-state index in [9.17, 15) is 9.59 Å². The third kappa shape index (κ3) is 5.52. The van der Waals surface area contributed by atoms with Crippen LogP contribution in [0.25, 0.3) is 0 Å². The Hall–Kier alpha value is -2.34. The molecular weight excluding hydrogens is 468 g/mol. The number of hydrogen-bond donors (Lipinski definition) is 0. The molecule has 5 nitrogen and oxygen atoms in total. The maximum atomic E-state index is 13.3. The Labute approximate surface area is 198 Å². The van der Waals surface area contributed by atoms with Crippen molar-refractivity contribution in [1.29, 1.82) is 0 Å². The summed E-state index contributed by atoms with van der Waals surface area (Å²) >= 11 is 3.51. The van der Waals surface area contributed by atoms with Gasteiger partial charge in [-0.2, -0.15) is 0 Å². The summed E-state index contributed by atoms with van der Waals surface area (Å²) in [5, 5.41) is 0. The van der Waals surface area contributed by atoms with E-state index < -0.39 is 0 Å². The summed E-state index contributed by atoms with van der Waals surface area (Å²) in [4.78, 5) is 30.5. The predicted molar refractivity (Wildman–Crippen MR) is 129 cm³/mol. The van der Waals surface area contributed by atoms with Crippen LogP contribution in [0, 0.1) is 5.41 Å². The second-order valence-electron chi connectivity index (χ2n) is 9.03. The summed E-state index contributed by atoms with van der Waals surface area (Å²) in [7, 11) is 0. The van der Waals surface area contributed by atoms with Gasteiger partial charge in [-0.05, 0) is 72.3 Å². The molecule has 4 rings (SSSR count). The van der Waals surface area contributed by atoms with Crippen LogP contribution in [0.5, 0.6) is 5.75 Å². The predicted octanol–water partition coefficient (Wildman–Crippen LogP) is 5.15. The Morgan fingerprint density at radius 1 is 0.875 bits per heavy atom. The fourth-order valence-electron chi connectivity index (χ4n) is 4.83. The molecule has 2 aliphatic heterocycles. The maximum Gasteiger partial charge on any atom is 0.255 e. The van der Waals surface area contributed by atoms with E-state index in [2.05, 4.69) is 15.9 Å². The first-order valence-corrected chi connectivity index (χ1v) is 12.4. The fourth-order valence-corrected chi connectivity index (χ4v) is 5.28. The summed E-state index contributed by atoms with van der Waals surface area (Å²) in [6, 6.07) is 17.3. The van der Waals surface area contributed by atoms with Crippen molar-refractivity contribution in [3.05, 3.63) is 64.6 Å². The van der Waals surface area contributed by atoms with Crippen LogP contribution in [0.3, 0.4) is 0 Å². The summed E-state index contributed by atoms with van der Waals surface area (Å²) in [5.41, 5.74) is 0.272. The number of carbonyl (C=O) groups is 2. The van der Waals surface area contributed by atoms with E-state index in [0.717, 1.165) is 49.0 Å². The number of benzene rings is 2. The van der Waals surface area contributed by atoms with Crippen LogP contribution >= 0.6 is 15.9 Å². The van der Waals surface area contributed by atoms with Crippen molar-refractivity contribution < 1.29 is 14.3 Å². The van der Waals surface area contributed by atoms with Crippen LogP contribution in [-0.2, 0) is 4.79 Å². The molecule has 0 aliphatic carbocycles. The molecule has 2 aromatic rings. The van der Waals surface area contributed by atoms with E-state index >= 15 is 0 Å². The van der Waals surface area contributed by atoms with Gasteiger partial charge in [-0.3, -0.25) is 9.59 Å². The molecule has 0 unspecified atom stereocenters. The van der Waals surface area contributed by atoms with Crippen LogP contribution in [-0.4, -0.2) is 54.4 Å². The highest BCUT2D eigenvalue weighted by Crippen LogP contribution is 2.36. The van der Waals surface area contributed by atoms with Crippen molar-refractivity contribution >= 4 is 27.7 Å². The zero-order valence-electron chi connectivity index (χ0n) is 18.5. The number of piperidine rings is 2. The number of para-hydroxylation sites is 1. The largest absolute Gasteiger partial charge is 0.493 e. The average molecular weight is 499 g/mol. The van der Waals surface area contributed by atoms with Crippen molar-refractivity contribution in [3.8, 4) is 5.75 Å². The molecule has 0 spiro atoms. The lowest BCUT2D eigenvalue weighted by molar-refractivity contribution is -0.136. The van der Waals surface area contributed by atoms with Crippen LogP contribution < -0.4 is 4.74 Å². The lowest BCUT2D eigenvalue weighted by atomic mass is 9.77. The zero-order valence-corrected chi connectivity index (χ0v) is 20.1. The van der Waals surface area contributed by atoms with Crippen molar-refractivity contribution in [2.24, 2.45) is 5.41 Å². The molecule has 0 N–H and O–H groups in total. The highest BCUT2D eigenvalue weighted by Gasteiger charge is 2.41. The molecular formula is C26H31BrN2O3. The average Bonchev–Trinajstić information content (AvgIpc) is 2.84. The number of nitrogens with zero attached hydrogens (tertiary/aromatic N) is 2. The topological polar surface area (TPSA) is 49.9 Å². The van der Waals surface area contributed by atoms with Gasteiger partial charge in [0.05, 0.1) is 12.2 Å². The molecule has 0 bridgehead atoms. The van der Waals surface area contributed by atoms with Crippen molar-refractivity contribution in [2.45, 2.75) is 38.5 Å². The molecule has 2 amide bonds. The van der Waals surface area contributed by atoms with E-state index in [1.54, 1.807) is 0 Å². The van der Waals surface area contributed by atoms with Gasteiger partial charge in [0.2, 0.25) is 5.91 Å². The van der Waals surface area contributed by atoms with Gasteiger partial charge in [0.25, 0.3) is 5.91 Å². The fraction of sp³-hybridized carbons (Fsp3) is 0.462. The third-order valence-corrected chi connectivity index (χ3v) is 7.27. The Morgan fingerprint density at radius 2 is 1.56 bits per heavy atom. The van der Waals surface area contributed by atoms with E-state index in [0.29, 0.717) is 31.7 Å². The molecule has 0 saturated carbocycles. The van der Waals surface area contributed by atoms with Gasteiger partial charge in [-0.15, -0.1) is 0 Å². The Bertz CT molecular complexity index is 930. The summed E-state index contributed by atoms with van der Waals surface area (Å²) in [6.07, 6.45) is 5.50. The molecule has 2 fully saturated rings. The minimum Gasteiger partial charge on any atom is -0.493 e. The third-order valence-electron chi connectivity index (χ3n) is 6.58. The number of ether oxygens (including phenoxy) is 1. The van der Waals surface area contributed by atoms with E-state index in [1.165, 1.54) is 6.42 Å². The quantitative estimate of drug-likeness (QED) is 0.552. The molecule has 2 saturated heterocycles. The van der Waals surface area contributed by atoms with Gasteiger partial charge in [-0.25, -0.2) is 0 Å². The monoisotopic (exact) mass is 498 g/mol. The Kier molecular flexibility index (Phi) is 7.51. The number of likely N-dealkylation sites (tertiary alicyclic amines) is 2.